The Morgan fingerprint density at radius 2 is 1.95 bits per heavy atom. The lowest BCUT2D eigenvalue weighted by Crippen LogP contribution is -2.54. The van der Waals surface area contributed by atoms with Gasteiger partial charge in [0.1, 0.15) is 12.7 Å². The molecule has 0 aliphatic carbocycles. The molecular formula is C13H17F2NO3. The van der Waals surface area contributed by atoms with E-state index in [4.69, 9.17) is 4.74 Å². The third-order valence-corrected chi connectivity index (χ3v) is 2.62. The number of alkyl halides is 2. The van der Waals surface area contributed by atoms with Crippen molar-refractivity contribution >= 4 is 6.09 Å². The van der Waals surface area contributed by atoms with E-state index in [-0.39, 0.29) is 6.61 Å². The van der Waals surface area contributed by atoms with Crippen LogP contribution in [0, 0.1) is 0 Å². The SMILES string of the molecule is CC(C)(NC(=O)OCc1ccccc1)C(O)C(F)F. The molecular weight excluding hydrogens is 256 g/mol. The van der Waals surface area contributed by atoms with Gasteiger partial charge in [0.15, 0.2) is 0 Å². The van der Waals surface area contributed by atoms with Crippen molar-refractivity contribution < 1.29 is 23.4 Å². The highest BCUT2D eigenvalue weighted by Gasteiger charge is 2.36. The first-order valence-corrected chi connectivity index (χ1v) is 5.78. The Morgan fingerprint density at radius 3 is 2.47 bits per heavy atom. The molecule has 0 aromatic heterocycles. The number of amides is 1. The zero-order valence-corrected chi connectivity index (χ0v) is 10.8. The van der Waals surface area contributed by atoms with Gasteiger partial charge >= 0.3 is 6.09 Å². The van der Waals surface area contributed by atoms with Crippen molar-refractivity contribution in [1.29, 1.82) is 0 Å². The number of rotatable bonds is 5. The number of ether oxygens (including phenoxy) is 1. The number of benzene rings is 1. The Morgan fingerprint density at radius 1 is 1.37 bits per heavy atom. The lowest BCUT2D eigenvalue weighted by atomic mass is 9.98. The van der Waals surface area contributed by atoms with E-state index in [2.05, 4.69) is 5.32 Å². The van der Waals surface area contributed by atoms with Crippen LogP contribution in [-0.4, -0.2) is 29.3 Å². The first-order valence-electron chi connectivity index (χ1n) is 5.78. The normalized spacial score (nSPS) is 13.2. The molecule has 1 atom stereocenters. The molecule has 0 spiro atoms. The van der Waals surface area contributed by atoms with Gasteiger partial charge in [-0.25, -0.2) is 13.6 Å². The summed E-state index contributed by atoms with van der Waals surface area (Å²) in [6.07, 6.45) is -5.75. The fraction of sp³-hybridized carbons (Fsp3) is 0.462. The number of aliphatic hydroxyl groups excluding tert-OH is 1. The summed E-state index contributed by atoms with van der Waals surface area (Å²) in [5, 5.41) is 11.5. The highest BCUT2D eigenvalue weighted by Crippen LogP contribution is 2.16. The lowest BCUT2D eigenvalue weighted by Gasteiger charge is -2.30. The molecule has 6 heteroatoms. The predicted molar refractivity (Wildman–Crippen MR) is 65.9 cm³/mol. The predicted octanol–water partition coefficient (Wildman–Crippen LogP) is 2.32. The summed E-state index contributed by atoms with van der Waals surface area (Å²) < 4.78 is 29.7. The summed E-state index contributed by atoms with van der Waals surface area (Å²) >= 11 is 0. The van der Waals surface area contributed by atoms with E-state index < -0.39 is 24.2 Å². The zero-order valence-electron chi connectivity index (χ0n) is 10.8. The molecule has 106 valence electrons. The van der Waals surface area contributed by atoms with Gasteiger partial charge in [-0.2, -0.15) is 0 Å². The Kier molecular flexibility index (Phi) is 5.23. The number of halogens is 2. The average molecular weight is 273 g/mol. The van der Waals surface area contributed by atoms with Crippen LogP contribution < -0.4 is 5.32 Å². The van der Waals surface area contributed by atoms with Gasteiger partial charge in [-0.15, -0.1) is 0 Å². The van der Waals surface area contributed by atoms with Gasteiger partial charge in [-0.3, -0.25) is 0 Å². The van der Waals surface area contributed by atoms with Gasteiger partial charge < -0.3 is 15.2 Å². The molecule has 1 aromatic carbocycles. The Balaban J connectivity index is 2.47. The smallest absolute Gasteiger partial charge is 0.407 e. The monoisotopic (exact) mass is 273 g/mol. The van der Waals surface area contributed by atoms with Gasteiger partial charge in [-0.1, -0.05) is 30.3 Å². The van der Waals surface area contributed by atoms with Crippen molar-refractivity contribution in [3.05, 3.63) is 35.9 Å². The average Bonchev–Trinajstić information content (AvgIpc) is 2.36. The molecule has 0 aliphatic rings. The van der Waals surface area contributed by atoms with Crippen molar-refractivity contribution in [2.45, 2.75) is 38.5 Å². The van der Waals surface area contributed by atoms with Crippen molar-refractivity contribution in [3.8, 4) is 0 Å². The van der Waals surface area contributed by atoms with E-state index in [0.29, 0.717) is 0 Å². The fourth-order valence-electron chi connectivity index (χ4n) is 1.41. The molecule has 0 radical (unpaired) electrons. The highest BCUT2D eigenvalue weighted by atomic mass is 19.3. The standard InChI is InChI=1S/C13H17F2NO3/c1-13(2,10(17)11(14)15)16-12(18)19-8-9-6-4-3-5-7-9/h3-7,10-11,17H,8H2,1-2H3,(H,16,18). The zero-order chi connectivity index (χ0) is 14.5. The number of aliphatic hydroxyl groups is 1. The van der Waals surface area contributed by atoms with Crippen molar-refractivity contribution in [2.24, 2.45) is 0 Å². The fourth-order valence-corrected chi connectivity index (χ4v) is 1.41. The van der Waals surface area contributed by atoms with Crippen LogP contribution in [0.25, 0.3) is 0 Å². The molecule has 2 N–H and O–H groups in total. The maximum absolute atomic E-state index is 12.4. The minimum Gasteiger partial charge on any atom is -0.445 e. The highest BCUT2D eigenvalue weighted by molar-refractivity contribution is 5.68. The first-order chi connectivity index (χ1) is 8.83. The lowest BCUT2D eigenvalue weighted by molar-refractivity contribution is -0.0496. The summed E-state index contributed by atoms with van der Waals surface area (Å²) in [5.74, 6) is 0. The van der Waals surface area contributed by atoms with Crippen molar-refractivity contribution in [3.63, 3.8) is 0 Å². The van der Waals surface area contributed by atoms with Crippen LogP contribution in [0.15, 0.2) is 30.3 Å². The van der Waals surface area contributed by atoms with Crippen molar-refractivity contribution in [1.82, 2.24) is 5.32 Å². The third kappa shape index (κ3) is 4.82. The van der Waals surface area contributed by atoms with E-state index in [1.54, 1.807) is 24.3 Å². The second-order valence-corrected chi connectivity index (χ2v) is 4.69. The quantitative estimate of drug-likeness (QED) is 0.865. The van der Waals surface area contributed by atoms with E-state index in [1.165, 1.54) is 13.8 Å². The third-order valence-electron chi connectivity index (χ3n) is 2.62. The molecule has 0 aliphatic heterocycles. The Hall–Kier alpha value is -1.69. The molecule has 0 fully saturated rings. The molecule has 0 bridgehead atoms. The van der Waals surface area contributed by atoms with Crippen LogP contribution in [0.3, 0.4) is 0 Å². The second kappa shape index (κ2) is 6.47. The molecule has 0 saturated carbocycles. The summed E-state index contributed by atoms with van der Waals surface area (Å²) in [6, 6.07) is 8.95. The van der Waals surface area contributed by atoms with Gasteiger partial charge in [0, 0.05) is 0 Å². The molecule has 1 aromatic rings. The number of alkyl carbamates (subject to hydrolysis) is 1. The van der Waals surface area contributed by atoms with E-state index >= 15 is 0 Å². The molecule has 19 heavy (non-hydrogen) atoms. The van der Waals surface area contributed by atoms with Crippen LogP contribution in [0.1, 0.15) is 19.4 Å². The molecule has 4 nitrogen and oxygen atoms in total. The van der Waals surface area contributed by atoms with Gasteiger partial charge in [-0.05, 0) is 19.4 Å². The van der Waals surface area contributed by atoms with Crippen LogP contribution in [0.4, 0.5) is 13.6 Å². The molecule has 1 rings (SSSR count). The summed E-state index contributed by atoms with van der Waals surface area (Å²) in [4.78, 5) is 11.5. The van der Waals surface area contributed by atoms with Crippen molar-refractivity contribution in [2.75, 3.05) is 0 Å². The van der Waals surface area contributed by atoms with Crippen LogP contribution in [-0.2, 0) is 11.3 Å². The summed E-state index contributed by atoms with van der Waals surface area (Å²) in [5.41, 5.74) is -0.688. The largest absolute Gasteiger partial charge is 0.445 e. The molecule has 0 saturated heterocycles. The van der Waals surface area contributed by atoms with Crippen LogP contribution in [0.5, 0.6) is 0 Å². The van der Waals surface area contributed by atoms with E-state index in [1.807, 2.05) is 6.07 Å². The van der Waals surface area contributed by atoms with Gasteiger partial charge in [0.2, 0.25) is 0 Å². The molecule has 1 amide bonds. The number of hydrogen-bond donors (Lipinski definition) is 2. The minimum atomic E-state index is -2.94. The van der Waals surface area contributed by atoms with E-state index in [0.717, 1.165) is 5.56 Å². The minimum absolute atomic E-state index is 0.0352. The van der Waals surface area contributed by atoms with E-state index in [9.17, 15) is 18.7 Å². The maximum Gasteiger partial charge on any atom is 0.407 e. The number of nitrogens with one attached hydrogen (secondary N) is 1. The first kappa shape index (κ1) is 15.4. The number of carbonyl (C=O) groups excluding carboxylic acids is 1. The molecule has 1 unspecified atom stereocenters. The van der Waals surface area contributed by atoms with Crippen LogP contribution in [0.2, 0.25) is 0 Å². The van der Waals surface area contributed by atoms with Gasteiger partial charge in [0.25, 0.3) is 6.43 Å². The topological polar surface area (TPSA) is 58.6 Å². The maximum atomic E-state index is 12.4. The number of hydrogen-bond acceptors (Lipinski definition) is 3. The second-order valence-electron chi connectivity index (χ2n) is 4.69. The molecule has 0 heterocycles. The van der Waals surface area contributed by atoms with Crippen LogP contribution >= 0.6 is 0 Å². The Bertz CT molecular complexity index is 410. The Labute approximate surface area is 110 Å². The summed E-state index contributed by atoms with van der Waals surface area (Å²) in [7, 11) is 0. The summed E-state index contributed by atoms with van der Waals surface area (Å²) in [6.45, 7) is 2.63. The van der Waals surface area contributed by atoms with Gasteiger partial charge in [0.05, 0.1) is 5.54 Å². The number of carbonyl (C=O) groups is 1.